The molecule has 2 rings (SSSR count). The van der Waals surface area contributed by atoms with Crippen molar-refractivity contribution in [3.05, 3.63) is 71.3 Å². The van der Waals surface area contributed by atoms with Gasteiger partial charge in [-0.05, 0) is 48.2 Å². The fourth-order valence-electron chi connectivity index (χ4n) is 2.49. The van der Waals surface area contributed by atoms with E-state index in [1.165, 1.54) is 30.3 Å². The summed E-state index contributed by atoms with van der Waals surface area (Å²) in [4.78, 5) is 24.7. The summed E-state index contributed by atoms with van der Waals surface area (Å²) < 4.78 is 26.5. The highest BCUT2D eigenvalue weighted by Crippen LogP contribution is 2.08. The van der Waals surface area contributed by atoms with Gasteiger partial charge in [0.1, 0.15) is 17.7 Å². The van der Waals surface area contributed by atoms with E-state index in [1.54, 1.807) is 18.2 Å². The number of carbonyl (C=O) groups is 2. The van der Waals surface area contributed by atoms with Crippen molar-refractivity contribution in [2.45, 2.75) is 26.3 Å². The van der Waals surface area contributed by atoms with E-state index >= 15 is 0 Å². The van der Waals surface area contributed by atoms with Crippen molar-refractivity contribution >= 4 is 11.8 Å². The molecule has 0 bridgehead atoms. The Labute approximate surface area is 151 Å². The molecule has 2 aromatic rings. The highest BCUT2D eigenvalue weighted by atomic mass is 19.1. The molecule has 1 unspecified atom stereocenters. The topological polar surface area (TPSA) is 58.2 Å². The number of amides is 2. The number of benzene rings is 2. The normalized spacial score (nSPS) is 11.9. The van der Waals surface area contributed by atoms with E-state index < -0.39 is 17.8 Å². The lowest BCUT2D eigenvalue weighted by atomic mass is 10.0. The molecular weight excluding hydrogens is 338 g/mol. The Bertz CT molecular complexity index is 761. The Kier molecular flexibility index (Phi) is 6.83. The van der Waals surface area contributed by atoms with Crippen LogP contribution in [-0.4, -0.2) is 24.4 Å². The van der Waals surface area contributed by atoms with Gasteiger partial charge in [-0.15, -0.1) is 0 Å². The van der Waals surface area contributed by atoms with Gasteiger partial charge in [-0.25, -0.2) is 8.78 Å². The zero-order chi connectivity index (χ0) is 19.1. The average molecular weight is 360 g/mol. The number of hydrogen-bond acceptors (Lipinski definition) is 2. The molecule has 2 N–H and O–H groups in total. The highest BCUT2D eigenvalue weighted by molar-refractivity contribution is 5.97. The molecule has 4 nitrogen and oxygen atoms in total. The van der Waals surface area contributed by atoms with Crippen LogP contribution >= 0.6 is 0 Å². The Balaban J connectivity index is 1.93. The van der Waals surface area contributed by atoms with Crippen LogP contribution < -0.4 is 10.6 Å². The van der Waals surface area contributed by atoms with Gasteiger partial charge in [0.05, 0.1) is 0 Å². The fraction of sp³-hybridized carbons (Fsp3) is 0.300. The summed E-state index contributed by atoms with van der Waals surface area (Å²) in [6, 6.07) is 10.7. The minimum Gasteiger partial charge on any atom is -0.354 e. The molecule has 2 amide bonds. The molecule has 0 aliphatic carbocycles. The average Bonchev–Trinajstić information content (AvgIpc) is 2.61. The van der Waals surface area contributed by atoms with Crippen molar-refractivity contribution in [1.82, 2.24) is 10.6 Å². The van der Waals surface area contributed by atoms with Gasteiger partial charge >= 0.3 is 0 Å². The van der Waals surface area contributed by atoms with Gasteiger partial charge in [-0.3, -0.25) is 9.59 Å². The second kappa shape index (κ2) is 9.08. The molecule has 0 aliphatic rings. The van der Waals surface area contributed by atoms with Crippen LogP contribution in [-0.2, 0) is 11.2 Å². The molecule has 0 saturated carbocycles. The molecule has 26 heavy (non-hydrogen) atoms. The van der Waals surface area contributed by atoms with Crippen molar-refractivity contribution in [1.29, 1.82) is 0 Å². The summed E-state index contributed by atoms with van der Waals surface area (Å²) in [6.45, 7) is 3.88. The zero-order valence-electron chi connectivity index (χ0n) is 14.8. The second-order valence-electron chi connectivity index (χ2n) is 6.33. The van der Waals surface area contributed by atoms with Gasteiger partial charge in [0.25, 0.3) is 5.91 Å². The summed E-state index contributed by atoms with van der Waals surface area (Å²) in [6.07, 6.45) is 0.356. The van der Waals surface area contributed by atoms with E-state index in [9.17, 15) is 18.4 Å². The number of carbonyl (C=O) groups excluding carboxylic acids is 2. The predicted octanol–water partition coefficient (Wildman–Crippen LogP) is 3.08. The minimum absolute atomic E-state index is 0.146. The second-order valence-corrected chi connectivity index (χ2v) is 6.33. The maximum absolute atomic E-state index is 13.6. The molecule has 0 heterocycles. The molecule has 138 valence electrons. The van der Waals surface area contributed by atoms with Gasteiger partial charge in [0.15, 0.2) is 0 Å². The molecular formula is C20H22F2N2O2. The van der Waals surface area contributed by atoms with Crippen LogP contribution in [0.25, 0.3) is 0 Å². The molecule has 0 aromatic heterocycles. The standard InChI is InChI=1S/C20H22F2N2O2/c1-13(2)18(24-19(25)15-7-9-16(21)10-8-15)20(26)23-12-11-14-5-3-4-6-17(14)22/h3-10,13,18H,11-12H2,1-2H3,(H,23,26)(H,24,25). The smallest absolute Gasteiger partial charge is 0.251 e. The van der Waals surface area contributed by atoms with E-state index in [-0.39, 0.29) is 29.8 Å². The maximum atomic E-state index is 13.6. The van der Waals surface area contributed by atoms with Crippen molar-refractivity contribution in [2.75, 3.05) is 6.54 Å². The fourth-order valence-corrected chi connectivity index (χ4v) is 2.49. The van der Waals surface area contributed by atoms with Gasteiger partial charge in [0.2, 0.25) is 5.91 Å². The van der Waals surface area contributed by atoms with E-state index in [0.29, 0.717) is 12.0 Å². The monoisotopic (exact) mass is 360 g/mol. The Hall–Kier alpha value is -2.76. The molecule has 0 aliphatic heterocycles. The lowest BCUT2D eigenvalue weighted by molar-refractivity contribution is -0.123. The van der Waals surface area contributed by atoms with Crippen LogP contribution in [0.3, 0.4) is 0 Å². The van der Waals surface area contributed by atoms with Crippen LogP contribution in [0.4, 0.5) is 8.78 Å². The largest absolute Gasteiger partial charge is 0.354 e. The first-order chi connectivity index (χ1) is 12.4. The van der Waals surface area contributed by atoms with Crippen LogP contribution in [0.15, 0.2) is 48.5 Å². The molecule has 0 spiro atoms. The van der Waals surface area contributed by atoms with E-state index in [1.807, 2.05) is 13.8 Å². The summed E-state index contributed by atoms with van der Waals surface area (Å²) >= 11 is 0. The van der Waals surface area contributed by atoms with Gasteiger partial charge < -0.3 is 10.6 Å². The van der Waals surface area contributed by atoms with E-state index in [0.717, 1.165) is 0 Å². The third kappa shape index (κ3) is 5.37. The van der Waals surface area contributed by atoms with Gasteiger partial charge in [-0.2, -0.15) is 0 Å². The Morgan fingerprint density at radius 1 is 1.00 bits per heavy atom. The molecule has 0 fully saturated rings. The maximum Gasteiger partial charge on any atom is 0.251 e. The molecule has 0 saturated heterocycles. The molecule has 2 aromatic carbocycles. The highest BCUT2D eigenvalue weighted by Gasteiger charge is 2.24. The van der Waals surface area contributed by atoms with Gasteiger partial charge in [0, 0.05) is 12.1 Å². The van der Waals surface area contributed by atoms with Crippen molar-refractivity contribution in [3.8, 4) is 0 Å². The van der Waals surface area contributed by atoms with Crippen molar-refractivity contribution in [3.63, 3.8) is 0 Å². The third-order valence-corrected chi connectivity index (χ3v) is 3.99. The van der Waals surface area contributed by atoms with Crippen LogP contribution in [0.1, 0.15) is 29.8 Å². The van der Waals surface area contributed by atoms with Crippen molar-refractivity contribution in [2.24, 2.45) is 5.92 Å². The Morgan fingerprint density at radius 2 is 1.65 bits per heavy atom. The summed E-state index contributed by atoms with van der Waals surface area (Å²) in [5, 5.41) is 5.39. The van der Waals surface area contributed by atoms with Gasteiger partial charge in [-0.1, -0.05) is 32.0 Å². The van der Waals surface area contributed by atoms with E-state index in [2.05, 4.69) is 10.6 Å². The Morgan fingerprint density at radius 3 is 2.27 bits per heavy atom. The third-order valence-electron chi connectivity index (χ3n) is 3.99. The SMILES string of the molecule is CC(C)C(NC(=O)c1ccc(F)cc1)C(=O)NCCc1ccccc1F. The quantitative estimate of drug-likeness (QED) is 0.797. The predicted molar refractivity (Wildman–Crippen MR) is 95.6 cm³/mol. The zero-order valence-corrected chi connectivity index (χ0v) is 14.8. The van der Waals surface area contributed by atoms with Crippen molar-refractivity contribution < 1.29 is 18.4 Å². The first kappa shape index (κ1) is 19.6. The van der Waals surface area contributed by atoms with Crippen LogP contribution in [0.2, 0.25) is 0 Å². The van der Waals surface area contributed by atoms with Crippen LogP contribution in [0.5, 0.6) is 0 Å². The number of nitrogens with one attached hydrogen (secondary N) is 2. The lowest BCUT2D eigenvalue weighted by Crippen LogP contribution is -2.50. The minimum atomic E-state index is -0.742. The lowest BCUT2D eigenvalue weighted by Gasteiger charge is -2.22. The number of halogens is 2. The van der Waals surface area contributed by atoms with Crippen LogP contribution in [0, 0.1) is 17.6 Å². The number of rotatable bonds is 7. The molecule has 1 atom stereocenters. The first-order valence-corrected chi connectivity index (χ1v) is 8.46. The summed E-state index contributed by atoms with van der Waals surface area (Å²) in [5.74, 6) is -1.69. The summed E-state index contributed by atoms with van der Waals surface area (Å²) in [5.41, 5.74) is 0.792. The first-order valence-electron chi connectivity index (χ1n) is 8.46. The summed E-state index contributed by atoms with van der Waals surface area (Å²) in [7, 11) is 0. The molecule has 0 radical (unpaired) electrons. The number of hydrogen-bond donors (Lipinski definition) is 2. The molecule has 6 heteroatoms. The van der Waals surface area contributed by atoms with E-state index in [4.69, 9.17) is 0 Å².